The van der Waals surface area contributed by atoms with Crippen LogP contribution in [-0.2, 0) is 38.9 Å². The van der Waals surface area contributed by atoms with E-state index in [4.69, 9.17) is 9.47 Å². The molecule has 0 aromatic heterocycles. The molecule has 24 heavy (non-hydrogen) atoms. The molecule has 0 aliphatic carbocycles. The summed E-state index contributed by atoms with van der Waals surface area (Å²) in [4.78, 5) is 25.4. The number of fused-ring (bicyclic) bond motifs is 1. The number of amides is 1. The zero-order chi connectivity index (χ0) is 18.5. The molecular weight excluding hydrogens is 364 g/mol. The SMILES string of the molecule is CCOCOC(=O)[C@@H]1N2C(=O)[C@@H](NS(C)(=O)=O)[C@H]2S(=O)(=O)C1(C)C. The first kappa shape index (κ1) is 19.1. The summed E-state index contributed by atoms with van der Waals surface area (Å²) in [6.45, 7) is 4.23. The van der Waals surface area contributed by atoms with Gasteiger partial charge in [0.05, 0.1) is 6.26 Å². The molecule has 0 spiro atoms. The molecule has 2 fully saturated rings. The lowest BCUT2D eigenvalue weighted by atomic mass is 9.96. The number of carbonyl (C=O) groups is 2. The van der Waals surface area contributed by atoms with Crippen LogP contribution < -0.4 is 4.72 Å². The molecule has 2 heterocycles. The van der Waals surface area contributed by atoms with Crippen LogP contribution in [0.3, 0.4) is 0 Å². The van der Waals surface area contributed by atoms with Crippen LogP contribution in [0.1, 0.15) is 20.8 Å². The first-order valence-corrected chi connectivity index (χ1v) is 10.6. The van der Waals surface area contributed by atoms with Gasteiger partial charge in [-0.15, -0.1) is 0 Å². The van der Waals surface area contributed by atoms with E-state index in [0.717, 1.165) is 11.2 Å². The van der Waals surface area contributed by atoms with Crippen LogP contribution in [-0.4, -0.2) is 75.5 Å². The van der Waals surface area contributed by atoms with E-state index >= 15 is 0 Å². The number of nitrogens with zero attached hydrogens (tertiary/aromatic N) is 1. The topological polar surface area (TPSA) is 136 Å². The van der Waals surface area contributed by atoms with E-state index in [9.17, 15) is 26.4 Å². The molecule has 0 aromatic rings. The molecule has 0 bridgehead atoms. The van der Waals surface area contributed by atoms with Crippen molar-refractivity contribution in [3.8, 4) is 0 Å². The van der Waals surface area contributed by atoms with Crippen LogP contribution in [0.4, 0.5) is 0 Å². The highest BCUT2D eigenvalue weighted by Crippen LogP contribution is 2.46. The van der Waals surface area contributed by atoms with Gasteiger partial charge in [0.25, 0.3) is 0 Å². The van der Waals surface area contributed by atoms with Crippen LogP contribution in [0.5, 0.6) is 0 Å². The maximum Gasteiger partial charge on any atom is 0.332 e. The number of β-lactam (4-membered cyclic amide) rings is 1. The minimum absolute atomic E-state index is 0.297. The van der Waals surface area contributed by atoms with Gasteiger partial charge >= 0.3 is 5.97 Å². The molecule has 2 aliphatic rings. The molecule has 1 amide bonds. The zero-order valence-electron chi connectivity index (χ0n) is 13.7. The number of sulfone groups is 1. The fraction of sp³-hybridized carbons (Fsp3) is 0.833. The van der Waals surface area contributed by atoms with E-state index in [0.29, 0.717) is 6.61 Å². The van der Waals surface area contributed by atoms with Gasteiger partial charge in [-0.25, -0.2) is 21.6 Å². The number of hydrogen-bond acceptors (Lipinski definition) is 8. The predicted octanol–water partition coefficient (Wildman–Crippen LogP) is -1.81. The maximum atomic E-state index is 12.7. The highest BCUT2D eigenvalue weighted by atomic mass is 32.2. The zero-order valence-corrected chi connectivity index (χ0v) is 15.3. The Kier molecular flexibility index (Phi) is 4.72. The van der Waals surface area contributed by atoms with E-state index < -0.39 is 53.9 Å². The standard InChI is InChI=1S/C12H20N2O8S2/c1-5-21-6-22-11(16)8-12(2,3)24(19,20)10-7(9(15)14(8)10)13-23(4,17)18/h7-8,10,13H,5-6H2,1-4H3/t7-,8+,10-/m1/s1. The van der Waals surface area contributed by atoms with Gasteiger partial charge in [-0.3, -0.25) is 4.79 Å². The Morgan fingerprint density at radius 2 is 1.96 bits per heavy atom. The van der Waals surface area contributed by atoms with Crippen molar-refractivity contribution >= 4 is 31.7 Å². The van der Waals surface area contributed by atoms with Crippen LogP contribution in [0, 0.1) is 0 Å². The number of hydrogen-bond donors (Lipinski definition) is 1. The lowest BCUT2D eigenvalue weighted by molar-refractivity contribution is -0.171. The van der Waals surface area contributed by atoms with Crippen molar-refractivity contribution in [2.45, 2.75) is 43.0 Å². The summed E-state index contributed by atoms with van der Waals surface area (Å²) >= 11 is 0. The molecule has 0 unspecified atom stereocenters. The molecule has 3 atom stereocenters. The summed E-state index contributed by atoms with van der Waals surface area (Å²) in [5, 5.41) is -1.43. The second-order valence-corrected chi connectivity index (χ2v) is 10.5. The first-order valence-electron chi connectivity index (χ1n) is 7.13. The van der Waals surface area contributed by atoms with E-state index in [1.165, 1.54) is 13.8 Å². The van der Waals surface area contributed by atoms with Gasteiger partial charge in [-0.1, -0.05) is 0 Å². The van der Waals surface area contributed by atoms with Crippen molar-refractivity contribution in [1.82, 2.24) is 9.62 Å². The first-order chi connectivity index (χ1) is 10.9. The Balaban J connectivity index is 2.33. The molecule has 10 nitrogen and oxygen atoms in total. The fourth-order valence-electron chi connectivity index (χ4n) is 2.89. The van der Waals surface area contributed by atoms with E-state index in [-0.39, 0.29) is 6.79 Å². The predicted molar refractivity (Wildman–Crippen MR) is 81.8 cm³/mol. The number of nitrogens with one attached hydrogen (secondary N) is 1. The van der Waals surface area contributed by atoms with Crippen molar-refractivity contribution in [1.29, 1.82) is 0 Å². The molecule has 12 heteroatoms. The van der Waals surface area contributed by atoms with Gasteiger partial charge in [-0.05, 0) is 20.8 Å². The monoisotopic (exact) mass is 384 g/mol. The number of esters is 1. The number of carbonyl (C=O) groups excluding carboxylic acids is 2. The van der Waals surface area contributed by atoms with Crippen molar-refractivity contribution < 1.29 is 35.9 Å². The van der Waals surface area contributed by atoms with Crippen molar-refractivity contribution in [3.63, 3.8) is 0 Å². The Hall–Kier alpha value is -1.24. The average molecular weight is 384 g/mol. The Morgan fingerprint density at radius 3 is 2.46 bits per heavy atom. The molecular formula is C12H20N2O8S2. The van der Waals surface area contributed by atoms with Crippen molar-refractivity contribution in [2.24, 2.45) is 0 Å². The van der Waals surface area contributed by atoms with Gasteiger partial charge in [0, 0.05) is 6.61 Å². The van der Waals surface area contributed by atoms with Crippen molar-refractivity contribution in [3.05, 3.63) is 0 Å². The molecule has 138 valence electrons. The number of ether oxygens (including phenoxy) is 2. The van der Waals surface area contributed by atoms with Gasteiger partial charge in [0.2, 0.25) is 15.9 Å². The van der Waals surface area contributed by atoms with Crippen LogP contribution in [0.25, 0.3) is 0 Å². The second kappa shape index (κ2) is 5.93. The summed E-state index contributed by atoms with van der Waals surface area (Å²) in [6.07, 6.45) is 0.823. The highest BCUT2D eigenvalue weighted by molar-refractivity contribution is 7.94. The van der Waals surface area contributed by atoms with Gasteiger partial charge in [0.15, 0.2) is 22.0 Å². The molecule has 0 saturated carbocycles. The average Bonchev–Trinajstić information content (AvgIpc) is 2.57. The van der Waals surface area contributed by atoms with Crippen LogP contribution >= 0.6 is 0 Å². The fourth-order valence-corrected chi connectivity index (χ4v) is 5.88. The molecule has 2 aliphatic heterocycles. The third kappa shape index (κ3) is 2.80. The van der Waals surface area contributed by atoms with Crippen LogP contribution in [0.15, 0.2) is 0 Å². The number of rotatable bonds is 6. The summed E-state index contributed by atoms with van der Waals surface area (Å²) in [7, 11) is -7.81. The van der Waals surface area contributed by atoms with Gasteiger partial charge in [0.1, 0.15) is 16.8 Å². The molecule has 2 saturated heterocycles. The van der Waals surface area contributed by atoms with Gasteiger partial charge in [-0.2, -0.15) is 4.72 Å². The van der Waals surface area contributed by atoms with Gasteiger partial charge < -0.3 is 14.4 Å². The molecule has 0 radical (unpaired) electrons. The largest absolute Gasteiger partial charge is 0.437 e. The Labute approximate surface area is 140 Å². The van der Waals surface area contributed by atoms with E-state index in [1.807, 2.05) is 4.72 Å². The normalized spacial score (nSPS) is 30.6. The molecule has 2 rings (SSSR count). The van der Waals surface area contributed by atoms with E-state index in [1.54, 1.807) is 6.92 Å². The van der Waals surface area contributed by atoms with E-state index in [2.05, 4.69) is 0 Å². The van der Waals surface area contributed by atoms with Crippen LogP contribution in [0.2, 0.25) is 0 Å². The summed E-state index contributed by atoms with van der Waals surface area (Å²) in [6, 6.07) is -2.80. The Bertz CT molecular complexity index is 758. The third-order valence-electron chi connectivity index (χ3n) is 4.12. The minimum atomic E-state index is -4.01. The summed E-state index contributed by atoms with van der Waals surface area (Å²) in [5.41, 5.74) is 0. The lowest BCUT2D eigenvalue weighted by Crippen LogP contribution is -2.72. The minimum Gasteiger partial charge on any atom is -0.437 e. The molecule has 1 N–H and O–H groups in total. The molecule has 0 aromatic carbocycles. The lowest BCUT2D eigenvalue weighted by Gasteiger charge is -2.42. The maximum absolute atomic E-state index is 12.7. The quantitative estimate of drug-likeness (QED) is 0.245. The summed E-state index contributed by atoms with van der Waals surface area (Å²) in [5.74, 6) is -1.69. The van der Waals surface area contributed by atoms with Crippen molar-refractivity contribution in [2.75, 3.05) is 19.7 Å². The smallest absolute Gasteiger partial charge is 0.332 e. The third-order valence-corrected chi connectivity index (χ3v) is 7.63. The Morgan fingerprint density at radius 1 is 1.38 bits per heavy atom. The summed E-state index contributed by atoms with van der Waals surface area (Å²) < 4.78 is 58.2. The highest BCUT2D eigenvalue weighted by Gasteiger charge is 2.72. The number of sulfonamides is 1. The second-order valence-electron chi connectivity index (χ2n) is 6.13.